The maximum Gasteiger partial charge on any atom is 0.169 e. The fourth-order valence-electron chi connectivity index (χ4n) is 1.95. The summed E-state index contributed by atoms with van der Waals surface area (Å²) < 4.78 is 11.9. The molecule has 0 amide bonds. The van der Waals surface area contributed by atoms with Crippen LogP contribution < -0.4 is 5.32 Å². The van der Waals surface area contributed by atoms with Crippen LogP contribution in [-0.2, 0) is 6.42 Å². The summed E-state index contributed by atoms with van der Waals surface area (Å²) in [5, 5.41) is 3.41. The van der Waals surface area contributed by atoms with E-state index in [0.717, 1.165) is 34.7 Å². The molecule has 3 nitrogen and oxygen atoms in total. The molecule has 2 aromatic heterocycles. The van der Waals surface area contributed by atoms with Gasteiger partial charge >= 0.3 is 0 Å². The van der Waals surface area contributed by atoms with Crippen LogP contribution in [-0.4, -0.2) is 6.54 Å². The van der Waals surface area contributed by atoms with Gasteiger partial charge in [-0.1, -0.05) is 13.8 Å². The number of nitrogens with one attached hydrogen (secondary N) is 1. The molecule has 0 saturated carbocycles. The van der Waals surface area contributed by atoms with E-state index in [9.17, 15) is 0 Å². The quantitative estimate of drug-likeness (QED) is 0.910. The molecular weight excluding hydrogens is 282 g/mol. The molecule has 0 aromatic carbocycles. The zero-order chi connectivity index (χ0) is 12.3. The van der Waals surface area contributed by atoms with Crippen LogP contribution in [0.5, 0.6) is 0 Å². The molecule has 17 heavy (non-hydrogen) atoms. The molecule has 0 aliphatic rings. The summed E-state index contributed by atoms with van der Waals surface area (Å²) in [6, 6.07) is 5.94. The van der Waals surface area contributed by atoms with E-state index in [2.05, 4.69) is 35.1 Å². The van der Waals surface area contributed by atoms with Crippen molar-refractivity contribution in [3.63, 3.8) is 0 Å². The molecule has 2 heterocycles. The molecule has 0 radical (unpaired) electrons. The Balaban J connectivity index is 2.35. The van der Waals surface area contributed by atoms with Crippen molar-refractivity contribution in [2.24, 2.45) is 0 Å². The highest BCUT2D eigenvalue weighted by Crippen LogP contribution is 2.29. The maximum atomic E-state index is 5.63. The third kappa shape index (κ3) is 2.64. The minimum Gasteiger partial charge on any atom is -0.469 e. The van der Waals surface area contributed by atoms with E-state index in [4.69, 9.17) is 8.83 Å². The largest absolute Gasteiger partial charge is 0.469 e. The predicted octanol–water partition coefficient (Wildman–Crippen LogP) is 3.90. The molecule has 0 aliphatic carbocycles. The summed E-state index contributed by atoms with van der Waals surface area (Å²) in [6.45, 7) is 5.04. The molecule has 1 atom stereocenters. The molecule has 2 aromatic rings. The van der Waals surface area contributed by atoms with Crippen molar-refractivity contribution < 1.29 is 8.83 Å². The molecule has 0 saturated heterocycles. The smallest absolute Gasteiger partial charge is 0.169 e. The standard InChI is InChI=1S/C13H16BrNO2/c1-3-10-9(7-8-16-10)13(15-4-2)11-5-6-12(14)17-11/h5-8,13,15H,3-4H2,1-2H3. The first kappa shape index (κ1) is 12.5. The van der Waals surface area contributed by atoms with Crippen LogP contribution in [0.2, 0.25) is 0 Å². The van der Waals surface area contributed by atoms with Gasteiger partial charge in [-0.2, -0.15) is 0 Å². The molecule has 0 bridgehead atoms. The van der Waals surface area contributed by atoms with Crippen molar-refractivity contribution in [2.75, 3.05) is 6.54 Å². The van der Waals surface area contributed by atoms with E-state index >= 15 is 0 Å². The molecule has 1 N–H and O–H groups in total. The number of hydrogen-bond donors (Lipinski definition) is 1. The van der Waals surface area contributed by atoms with Gasteiger partial charge in [0.2, 0.25) is 0 Å². The van der Waals surface area contributed by atoms with Gasteiger partial charge in [-0.15, -0.1) is 0 Å². The summed E-state index contributed by atoms with van der Waals surface area (Å²) in [7, 11) is 0. The Morgan fingerprint density at radius 1 is 1.29 bits per heavy atom. The van der Waals surface area contributed by atoms with E-state index in [1.54, 1.807) is 6.26 Å². The van der Waals surface area contributed by atoms with Crippen LogP contribution in [0, 0.1) is 0 Å². The number of rotatable bonds is 5. The van der Waals surface area contributed by atoms with Crippen molar-refractivity contribution in [1.29, 1.82) is 0 Å². The minimum absolute atomic E-state index is 0.0556. The summed E-state index contributed by atoms with van der Waals surface area (Å²) in [5.41, 5.74) is 1.15. The van der Waals surface area contributed by atoms with Crippen molar-refractivity contribution in [3.8, 4) is 0 Å². The molecule has 0 fully saturated rings. The van der Waals surface area contributed by atoms with Crippen LogP contribution in [0.4, 0.5) is 0 Å². The van der Waals surface area contributed by atoms with Gasteiger partial charge in [0, 0.05) is 12.0 Å². The highest BCUT2D eigenvalue weighted by Gasteiger charge is 2.21. The van der Waals surface area contributed by atoms with Crippen molar-refractivity contribution in [2.45, 2.75) is 26.3 Å². The average Bonchev–Trinajstić information content (AvgIpc) is 2.94. The highest BCUT2D eigenvalue weighted by molar-refractivity contribution is 9.10. The van der Waals surface area contributed by atoms with Crippen LogP contribution in [0.3, 0.4) is 0 Å². The molecule has 1 unspecified atom stereocenters. The Bertz CT molecular complexity index is 475. The van der Waals surface area contributed by atoms with Gasteiger partial charge < -0.3 is 14.2 Å². The molecular formula is C13H16BrNO2. The normalized spacial score (nSPS) is 12.9. The number of hydrogen-bond acceptors (Lipinski definition) is 3. The number of furan rings is 2. The lowest BCUT2D eigenvalue weighted by atomic mass is 10.0. The third-order valence-electron chi connectivity index (χ3n) is 2.70. The van der Waals surface area contributed by atoms with Gasteiger partial charge in [-0.05, 0) is 40.7 Å². The van der Waals surface area contributed by atoms with Gasteiger partial charge in [0.25, 0.3) is 0 Å². The van der Waals surface area contributed by atoms with E-state index in [0.29, 0.717) is 0 Å². The van der Waals surface area contributed by atoms with Crippen LogP contribution >= 0.6 is 15.9 Å². The number of halogens is 1. The average molecular weight is 298 g/mol. The van der Waals surface area contributed by atoms with Gasteiger partial charge in [0.15, 0.2) is 4.67 Å². The topological polar surface area (TPSA) is 38.3 Å². The Kier molecular flexibility index (Phi) is 4.07. The zero-order valence-corrected chi connectivity index (χ0v) is 11.6. The van der Waals surface area contributed by atoms with Gasteiger partial charge in [0.1, 0.15) is 11.5 Å². The minimum atomic E-state index is 0.0556. The fraction of sp³-hybridized carbons (Fsp3) is 0.385. The van der Waals surface area contributed by atoms with Crippen LogP contribution in [0.25, 0.3) is 0 Å². The fourth-order valence-corrected chi connectivity index (χ4v) is 2.27. The zero-order valence-electron chi connectivity index (χ0n) is 10.00. The molecule has 4 heteroatoms. The van der Waals surface area contributed by atoms with E-state index in [1.165, 1.54) is 0 Å². The Labute approximate surface area is 109 Å². The maximum absolute atomic E-state index is 5.63. The lowest BCUT2D eigenvalue weighted by Gasteiger charge is -2.15. The van der Waals surface area contributed by atoms with Crippen molar-refractivity contribution >= 4 is 15.9 Å². The van der Waals surface area contributed by atoms with Crippen molar-refractivity contribution in [3.05, 3.63) is 46.2 Å². The first-order valence-corrected chi connectivity index (χ1v) is 6.60. The SMILES string of the molecule is CCNC(c1ccc(Br)o1)c1ccoc1CC. The second-order valence-corrected chi connectivity index (χ2v) is 4.57. The Morgan fingerprint density at radius 2 is 2.12 bits per heavy atom. The molecule has 92 valence electrons. The molecule has 0 spiro atoms. The summed E-state index contributed by atoms with van der Waals surface area (Å²) in [5.74, 6) is 1.90. The lowest BCUT2D eigenvalue weighted by molar-refractivity contribution is 0.429. The second kappa shape index (κ2) is 5.56. The monoisotopic (exact) mass is 297 g/mol. The van der Waals surface area contributed by atoms with Gasteiger partial charge in [0.05, 0.1) is 12.3 Å². The van der Waals surface area contributed by atoms with Crippen LogP contribution in [0.15, 0.2) is 38.0 Å². The van der Waals surface area contributed by atoms with E-state index in [-0.39, 0.29) is 6.04 Å². The van der Waals surface area contributed by atoms with Crippen molar-refractivity contribution in [1.82, 2.24) is 5.32 Å². The first-order valence-electron chi connectivity index (χ1n) is 5.81. The highest BCUT2D eigenvalue weighted by atomic mass is 79.9. The summed E-state index contributed by atoms with van der Waals surface area (Å²) >= 11 is 3.33. The summed E-state index contributed by atoms with van der Waals surface area (Å²) in [4.78, 5) is 0. The number of aryl methyl sites for hydroxylation is 1. The van der Waals surface area contributed by atoms with Gasteiger partial charge in [-0.25, -0.2) is 0 Å². The Hall–Kier alpha value is -1.00. The van der Waals surface area contributed by atoms with Crippen LogP contribution in [0.1, 0.15) is 37.0 Å². The molecule has 2 rings (SSSR count). The second-order valence-electron chi connectivity index (χ2n) is 3.79. The first-order chi connectivity index (χ1) is 8.26. The Morgan fingerprint density at radius 3 is 2.71 bits per heavy atom. The third-order valence-corrected chi connectivity index (χ3v) is 3.12. The summed E-state index contributed by atoms with van der Waals surface area (Å²) in [6.07, 6.45) is 2.61. The van der Waals surface area contributed by atoms with Gasteiger partial charge in [-0.3, -0.25) is 0 Å². The molecule has 0 aliphatic heterocycles. The van der Waals surface area contributed by atoms with E-state index < -0.39 is 0 Å². The lowest BCUT2D eigenvalue weighted by Crippen LogP contribution is -2.22. The predicted molar refractivity (Wildman–Crippen MR) is 70.0 cm³/mol. The van der Waals surface area contributed by atoms with E-state index in [1.807, 2.05) is 18.2 Å².